The van der Waals surface area contributed by atoms with Gasteiger partial charge in [-0.1, -0.05) is 146 Å². The molecule has 0 fully saturated rings. The molecule has 5 heteroatoms. The molecule has 2 aliphatic carbocycles. The molecule has 1 spiro atoms. The van der Waals surface area contributed by atoms with E-state index < -0.39 is 5.41 Å². The van der Waals surface area contributed by atoms with Gasteiger partial charge in [-0.2, -0.15) is 5.26 Å². The van der Waals surface area contributed by atoms with Crippen molar-refractivity contribution >= 4 is 5.57 Å². The van der Waals surface area contributed by atoms with E-state index in [0.29, 0.717) is 23.0 Å². The molecule has 7 aromatic rings. The standard InChI is InChI=1S/C47H30N4O/c48-29-30-11-10-14-34(27-30)31-21-23-33(24-22-31)45-49-44(32-12-2-1-3-13-32)50-46(51-45)35-25-26-37-36-15-4-5-16-38(36)47(41(37)28-35)39-17-6-8-19-42(39)52-43-20-9-7-18-40(43)47/h1-28,37,41H. The summed E-state index contributed by atoms with van der Waals surface area (Å²) in [5, 5.41) is 9.42. The van der Waals surface area contributed by atoms with E-state index in [2.05, 4.69) is 97.1 Å². The molecule has 0 bridgehead atoms. The molecule has 2 atom stereocenters. The van der Waals surface area contributed by atoms with E-state index in [0.717, 1.165) is 39.3 Å². The Labute approximate surface area is 301 Å². The van der Waals surface area contributed by atoms with Crippen molar-refractivity contribution in [3.63, 3.8) is 0 Å². The van der Waals surface area contributed by atoms with Crippen LogP contribution in [0.2, 0.25) is 0 Å². The number of allylic oxidation sites excluding steroid dienone is 4. The predicted molar refractivity (Wildman–Crippen MR) is 203 cm³/mol. The fraction of sp³-hybridized carbons (Fsp3) is 0.0638. The molecule has 0 amide bonds. The Morgan fingerprint density at radius 2 is 1.12 bits per heavy atom. The molecule has 0 N–H and O–H groups in total. The van der Waals surface area contributed by atoms with E-state index in [-0.39, 0.29) is 11.8 Å². The first-order valence-electron chi connectivity index (χ1n) is 17.5. The van der Waals surface area contributed by atoms with Gasteiger partial charge in [-0.15, -0.1) is 0 Å². The van der Waals surface area contributed by atoms with Crippen LogP contribution in [0, 0.1) is 17.2 Å². The number of ether oxygens (including phenoxy) is 1. The highest BCUT2D eigenvalue weighted by Crippen LogP contribution is 2.65. The Balaban J connectivity index is 1.14. The number of benzene rings is 6. The minimum atomic E-state index is -0.473. The number of rotatable bonds is 4. The summed E-state index contributed by atoms with van der Waals surface area (Å²) in [4.78, 5) is 15.3. The van der Waals surface area contributed by atoms with Crippen LogP contribution in [0.5, 0.6) is 11.5 Å². The lowest BCUT2D eigenvalue weighted by atomic mass is 9.61. The van der Waals surface area contributed by atoms with Crippen LogP contribution in [0.25, 0.3) is 39.5 Å². The molecule has 52 heavy (non-hydrogen) atoms. The molecule has 0 saturated heterocycles. The molecule has 10 rings (SSSR count). The molecule has 1 aromatic heterocycles. The van der Waals surface area contributed by atoms with Gasteiger partial charge < -0.3 is 4.74 Å². The third kappa shape index (κ3) is 4.58. The van der Waals surface area contributed by atoms with Crippen molar-refractivity contribution < 1.29 is 4.74 Å². The topological polar surface area (TPSA) is 71.7 Å². The maximum Gasteiger partial charge on any atom is 0.164 e. The zero-order chi connectivity index (χ0) is 34.6. The zero-order valence-electron chi connectivity index (χ0n) is 28.0. The van der Waals surface area contributed by atoms with Crippen LogP contribution >= 0.6 is 0 Å². The monoisotopic (exact) mass is 666 g/mol. The lowest BCUT2D eigenvalue weighted by Crippen LogP contribution is -2.37. The number of nitriles is 1. The highest BCUT2D eigenvalue weighted by atomic mass is 16.5. The maximum absolute atomic E-state index is 9.42. The second kappa shape index (κ2) is 11.9. The van der Waals surface area contributed by atoms with Crippen molar-refractivity contribution in [1.29, 1.82) is 5.26 Å². The normalized spacial score (nSPS) is 17.2. The zero-order valence-corrected chi connectivity index (χ0v) is 28.0. The second-order valence-electron chi connectivity index (χ2n) is 13.5. The Bertz CT molecular complexity index is 2590. The first-order chi connectivity index (χ1) is 25.7. The van der Waals surface area contributed by atoms with Gasteiger partial charge in [0, 0.05) is 39.7 Å². The predicted octanol–water partition coefficient (Wildman–Crippen LogP) is 10.6. The quantitative estimate of drug-likeness (QED) is 0.187. The van der Waals surface area contributed by atoms with Crippen LogP contribution < -0.4 is 4.74 Å². The summed E-state index contributed by atoms with van der Waals surface area (Å²) < 4.78 is 6.56. The summed E-state index contributed by atoms with van der Waals surface area (Å²) >= 11 is 0. The van der Waals surface area contributed by atoms with Gasteiger partial charge in [0.1, 0.15) is 11.5 Å². The third-order valence-corrected chi connectivity index (χ3v) is 10.7. The van der Waals surface area contributed by atoms with E-state index >= 15 is 0 Å². The fourth-order valence-electron chi connectivity index (χ4n) is 8.45. The van der Waals surface area contributed by atoms with Gasteiger partial charge in [0.15, 0.2) is 17.5 Å². The van der Waals surface area contributed by atoms with Gasteiger partial charge >= 0.3 is 0 Å². The molecule has 3 aliphatic rings. The van der Waals surface area contributed by atoms with Gasteiger partial charge in [0.25, 0.3) is 0 Å². The molecule has 0 saturated carbocycles. The summed E-state index contributed by atoms with van der Waals surface area (Å²) in [6, 6.07) is 54.0. The lowest BCUT2D eigenvalue weighted by Gasteiger charge is -2.43. The number of hydrogen-bond acceptors (Lipinski definition) is 5. The van der Waals surface area contributed by atoms with Gasteiger partial charge in [-0.05, 0) is 46.5 Å². The largest absolute Gasteiger partial charge is 0.457 e. The van der Waals surface area contributed by atoms with Crippen LogP contribution in [-0.2, 0) is 5.41 Å². The molecule has 5 nitrogen and oxygen atoms in total. The van der Waals surface area contributed by atoms with E-state index in [9.17, 15) is 5.26 Å². The Morgan fingerprint density at radius 1 is 0.538 bits per heavy atom. The minimum Gasteiger partial charge on any atom is -0.457 e. The van der Waals surface area contributed by atoms with Crippen molar-refractivity contribution in [2.75, 3.05) is 0 Å². The minimum absolute atomic E-state index is 0.0416. The van der Waals surface area contributed by atoms with Crippen LogP contribution in [0.3, 0.4) is 0 Å². The van der Waals surface area contributed by atoms with Crippen LogP contribution in [0.4, 0.5) is 0 Å². The summed E-state index contributed by atoms with van der Waals surface area (Å²) in [7, 11) is 0. The molecular weight excluding hydrogens is 637 g/mol. The molecule has 1 aliphatic heterocycles. The van der Waals surface area contributed by atoms with E-state index in [1.165, 1.54) is 22.3 Å². The van der Waals surface area contributed by atoms with Gasteiger partial charge in [-0.3, -0.25) is 0 Å². The molecular formula is C47H30N4O. The molecule has 0 radical (unpaired) electrons. The van der Waals surface area contributed by atoms with Crippen LogP contribution in [-0.4, -0.2) is 15.0 Å². The average Bonchev–Trinajstić information content (AvgIpc) is 3.51. The first kappa shape index (κ1) is 30.0. The Hall–Kier alpha value is -6.90. The fourth-order valence-corrected chi connectivity index (χ4v) is 8.45. The van der Waals surface area contributed by atoms with Crippen molar-refractivity contribution in [3.8, 4) is 51.5 Å². The maximum atomic E-state index is 9.42. The van der Waals surface area contributed by atoms with Gasteiger partial charge in [0.05, 0.1) is 17.0 Å². The Morgan fingerprint density at radius 3 is 1.83 bits per heavy atom. The number of nitrogens with zero attached hydrogens (tertiary/aromatic N) is 4. The summed E-state index contributed by atoms with van der Waals surface area (Å²) in [6.07, 6.45) is 6.92. The average molecular weight is 667 g/mol. The van der Waals surface area contributed by atoms with E-state index in [1.807, 2.05) is 78.9 Å². The number of aromatic nitrogens is 3. The van der Waals surface area contributed by atoms with Crippen molar-refractivity contribution in [2.45, 2.75) is 11.3 Å². The summed E-state index contributed by atoms with van der Waals surface area (Å²) in [6.45, 7) is 0. The number of para-hydroxylation sites is 2. The van der Waals surface area contributed by atoms with Crippen LogP contribution in [0.15, 0.2) is 170 Å². The molecule has 6 aromatic carbocycles. The highest BCUT2D eigenvalue weighted by molar-refractivity contribution is 5.79. The summed E-state index contributed by atoms with van der Waals surface area (Å²) in [5.74, 6) is 3.82. The molecule has 2 unspecified atom stereocenters. The molecule has 244 valence electrons. The smallest absolute Gasteiger partial charge is 0.164 e. The number of fused-ring (bicyclic) bond motifs is 9. The highest BCUT2D eigenvalue weighted by Gasteiger charge is 2.56. The van der Waals surface area contributed by atoms with Crippen molar-refractivity contribution in [1.82, 2.24) is 15.0 Å². The lowest BCUT2D eigenvalue weighted by molar-refractivity contribution is 0.374. The van der Waals surface area contributed by atoms with Crippen molar-refractivity contribution in [3.05, 3.63) is 204 Å². The van der Waals surface area contributed by atoms with E-state index in [1.54, 1.807) is 0 Å². The summed E-state index contributed by atoms with van der Waals surface area (Å²) in [5.41, 5.74) is 9.90. The third-order valence-electron chi connectivity index (χ3n) is 10.7. The first-order valence-corrected chi connectivity index (χ1v) is 17.5. The van der Waals surface area contributed by atoms with Crippen LogP contribution in [0.1, 0.15) is 39.6 Å². The van der Waals surface area contributed by atoms with Gasteiger partial charge in [-0.25, -0.2) is 15.0 Å². The van der Waals surface area contributed by atoms with Gasteiger partial charge in [0.2, 0.25) is 0 Å². The Kier molecular flexibility index (Phi) is 6.84. The second-order valence-corrected chi connectivity index (χ2v) is 13.5. The van der Waals surface area contributed by atoms with Crippen molar-refractivity contribution in [2.24, 2.45) is 5.92 Å². The van der Waals surface area contributed by atoms with E-state index in [4.69, 9.17) is 19.7 Å². The molecule has 2 heterocycles. The SMILES string of the molecule is N#Cc1cccc(-c2ccc(-c3nc(C4=CC5C(C=C4)c4ccccc4C54c5ccccc5Oc5ccccc54)nc(-c4ccccc4)n3)cc2)c1. The number of hydrogen-bond donors (Lipinski definition) is 0.